The number of hydrogen-bond donors (Lipinski definition) is 1. The lowest BCUT2D eigenvalue weighted by Gasteiger charge is -2.28. The average molecular weight is 328 g/mol. The van der Waals surface area contributed by atoms with E-state index in [1.54, 1.807) is 0 Å². The van der Waals surface area contributed by atoms with Crippen LogP contribution < -0.4 is 5.32 Å². The number of fused-ring (bicyclic) bond motifs is 1. The summed E-state index contributed by atoms with van der Waals surface area (Å²) in [5.41, 5.74) is -0.743. The van der Waals surface area contributed by atoms with Crippen LogP contribution in [-0.4, -0.2) is 40.1 Å². The molecule has 1 N–H and O–H groups in total. The third-order valence-corrected chi connectivity index (χ3v) is 5.24. The second-order valence-corrected chi connectivity index (χ2v) is 6.90. The van der Waals surface area contributed by atoms with Crippen molar-refractivity contribution >= 4 is 11.7 Å². The average Bonchev–Trinajstić information content (AvgIpc) is 2.81. The number of carbonyl (C=O) groups is 1. The van der Waals surface area contributed by atoms with Gasteiger partial charge in [0, 0.05) is 12.6 Å². The fourth-order valence-corrected chi connectivity index (χ4v) is 3.84. The van der Waals surface area contributed by atoms with Gasteiger partial charge in [-0.05, 0) is 36.3 Å². The molecule has 5 nitrogen and oxygen atoms in total. The third-order valence-electron chi connectivity index (χ3n) is 5.24. The zero-order chi connectivity index (χ0) is 17.0. The molecule has 8 heteroatoms. The van der Waals surface area contributed by atoms with E-state index in [0.717, 1.165) is 12.6 Å². The summed E-state index contributed by atoms with van der Waals surface area (Å²) in [6.07, 6.45) is -4.51. The lowest BCUT2D eigenvalue weighted by molar-refractivity contribution is -0.141. The molecule has 0 aromatic carbocycles. The monoisotopic (exact) mass is 328 g/mol. The molecule has 0 radical (unpaired) electrons. The molecule has 0 spiro atoms. The summed E-state index contributed by atoms with van der Waals surface area (Å²) in [4.78, 5) is 14.1. The van der Waals surface area contributed by atoms with Gasteiger partial charge in [-0.15, -0.1) is 10.2 Å². The predicted octanol–water partition coefficient (Wildman–Crippen LogP) is 2.41. The molecule has 3 rings (SSSR count). The Bertz CT molecular complexity index is 614. The van der Waals surface area contributed by atoms with Crippen molar-refractivity contribution in [1.82, 2.24) is 15.1 Å². The van der Waals surface area contributed by atoms with E-state index in [1.165, 1.54) is 6.07 Å². The first-order valence-electron chi connectivity index (χ1n) is 7.56. The number of hydrogen-bond acceptors (Lipinski definition) is 4. The largest absolute Gasteiger partial charge is 0.435 e. The van der Waals surface area contributed by atoms with E-state index in [2.05, 4.69) is 36.3 Å². The van der Waals surface area contributed by atoms with E-state index in [0.29, 0.717) is 17.3 Å². The van der Waals surface area contributed by atoms with Crippen LogP contribution in [0.25, 0.3) is 0 Å². The smallest absolute Gasteiger partial charge is 0.360 e. The minimum atomic E-state index is -4.51. The van der Waals surface area contributed by atoms with E-state index < -0.39 is 11.9 Å². The zero-order valence-electron chi connectivity index (χ0n) is 13.2. The first-order chi connectivity index (χ1) is 10.6. The Kier molecular flexibility index (Phi) is 3.53. The molecule has 1 aliphatic heterocycles. The fraction of sp³-hybridized carbons (Fsp3) is 0.667. The van der Waals surface area contributed by atoms with E-state index in [-0.39, 0.29) is 24.3 Å². The molecule has 0 bridgehead atoms. The van der Waals surface area contributed by atoms with Crippen LogP contribution in [0, 0.1) is 17.3 Å². The van der Waals surface area contributed by atoms with Gasteiger partial charge < -0.3 is 10.2 Å². The van der Waals surface area contributed by atoms with Crippen molar-refractivity contribution < 1.29 is 18.0 Å². The SMILES string of the molecule is C[C@@H]1C2C(CN1C(=O)CNc1ccc(C(F)(F)F)nn1)C2(C)C. The molecule has 23 heavy (non-hydrogen) atoms. The molecule has 1 amide bonds. The number of anilines is 1. The Morgan fingerprint density at radius 1 is 1.39 bits per heavy atom. The molecular weight excluding hydrogens is 309 g/mol. The van der Waals surface area contributed by atoms with Gasteiger partial charge in [0.2, 0.25) is 5.91 Å². The maximum Gasteiger partial charge on any atom is 0.435 e. The molecule has 1 aromatic rings. The lowest BCUT2D eigenvalue weighted by atomic mass is 10.0. The number of rotatable bonds is 3. The molecule has 1 saturated heterocycles. The molecule has 2 fully saturated rings. The second-order valence-electron chi connectivity index (χ2n) is 6.90. The fourth-order valence-electron chi connectivity index (χ4n) is 3.84. The van der Waals surface area contributed by atoms with Gasteiger partial charge in [0.1, 0.15) is 5.82 Å². The van der Waals surface area contributed by atoms with Crippen molar-refractivity contribution in [1.29, 1.82) is 0 Å². The van der Waals surface area contributed by atoms with Crippen LogP contribution in [-0.2, 0) is 11.0 Å². The van der Waals surface area contributed by atoms with Crippen molar-refractivity contribution in [3.63, 3.8) is 0 Å². The van der Waals surface area contributed by atoms with Gasteiger partial charge in [0.05, 0.1) is 6.54 Å². The van der Waals surface area contributed by atoms with Crippen LogP contribution in [0.15, 0.2) is 12.1 Å². The molecule has 1 aromatic heterocycles. The molecule has 2 heterocycles. The number of likely N-dealkylation sites (tertiary alicyclic amines) is 1. The van der Waals surface area contributed by atoms with Gasteiger partial charge in [-0.3, -0.25) is 4.79 Å². The van der Waals surface area contributed by atoms with Crippen molar-refractivity contribution in [3.8, 4) is 0 Å². The van der Waals surface area contributed by atoms with Crippen LogP contribution in [0.3, 0.4) is 0 Å². The van der Waals surface area contributed by atoms with E-state index in [4.69, 9.17) is 0 Å². The van der Waals surface area contributed by atoms with Crippen molar-refractivity contribution in [3.05, 3.63) is 17.8 Å². The second kappa shape index (κ2) is 5.07. The van der Waals surface area contributed by atoms with Gasteiger partial charge >= 0.3 is 6.18 Å². The molecule has 126 valence electrons. The normalized spacial score (nSPS) is 28.4. The summed E-state index contributed by atoms with van der Waals surface area (Å²) in [6.45, 7) is 7.24. The summed E-state index contributed by atoms with van der Waals surface area (Å²) in [6, 6.07) is 2.22. The highest BCUT2D eigenvalue weighted by atomic mass is 19.4. The summed E-state index contributed by atoms with van der Waals surface area (Å²) in [5.74, 6) is 1.18. The Labute approximate surface area is 132 Å². The van der Waals surface area contributed by atoms with Crippen LogP contribution in [0.1, 0.15) is 26.5 Å². The molecule has 1 saturated carbocycles. The predicted molar refractivity (Wildman–Crippen MR) is 77.5 cm³/mol. The first kappa shape index (κ1) is 16.0. The van der Waals surface area contributed by atoms with Crippen LogP contribution in [0.4, 0.5) is 19.0 Å². The first-order valence-corrected chi connectivity index (χ1v) is 7.56. The van der Waals surface area contributed by atoms with Crippen LogP contribution >= 0.6 is 0 Å². The van der Waals surface area contributed by atoms with E-state index >= 15 is 0 Å². The summed E-state index contributed by atoms with van der Waals surface area (Å²) in [7, 11) is 0. The molecule has 2 unspecified atom stereocenters. The minimum Gasteiger partial charge on any atom is -0.360 e. The highest BCUT2D eigenvalue weighted by Gasteiger charge is 2.65. The molecule has 1 aliphatic carbocycles. The van der Waals surface area contributed by atoms with Crippen molar-refractivity contribution in [2.75, 3.05) is 18.4 Å². The molecule has 3 atom stereocenters. The lowest BCUT2D eigenvalue weighted by Crippen LogP contribution is -2.42. The van der Waals surface area contributed by atoms with Gasteiger partial charge in [-0.2, -0.15) is 13.2 Å². The van der Waals surface area contributed by atoms with Crippen molar-refractivity contribution in [2.45, 2.75) is 33.0 Å². The Morgan fingerprint density at radius 2 is 2.09 bits per heavy atom. The van der Waals surface area contributed by atoms with Crippen LogP contribution in [0.2, 0.25) is 0 Å². The zero-order valence-corrected chi connectivity index (χ0v) is 13.2. The third kappa shape index (κ3) is 2.74. The maximum absolute atomic E-state index is 12.4. The number of halogens is 3. The molecule has 2 aliphatic rings. The highest BCUT2D eigenvalue weighted by molar-refractivity contribution is 5.81. The minimum absolute atomic E-state index is 0.00422. The number of alkyl halides is 3. The quantitative estimate of drug-likeness (QED) is 0.926. The van der Waals surface area contributed by atoms with Gasteiger partial charge in [-0.25, -0.2) is 0 Å². The number of aromatic nitrogens is 2. The summed E-state index contributed by atoms with van der Waals surface area (Å²) in [5, 5.41) is 9.31. The summed E-state index contributed by atoms with van der Waals surface area (Å²) < 4.78 is 37.2. The van der Waals surface area contributed by atoms with Crippen molar-refractivity contribution in [2.24, 2.45) is 17.3 Å². The molecular formula is C15H19F3N4O. The van der Waals surface area contributed by atoms with Gasteiger partial charge in [-0.1, -0.05) is 13.8 Å². The highest BCUT2D eigenvalue weighted by Crippen LogP contribution is 2.64. The van der Waals surface area contributed by atoms with Gasteiger partial charge in [0.15, 0.2) is 5.69 Å². The summed E-state index contributed by atoms with van der Waals surface area (Å²) >= 11 is 0. The van der Waals surface area contributed by atoms with Crippen LogP contribution in [0.5, 0.6) is 0 Å². The van der Waals surface area contributed by atoms with Gasteiger partial charge in [0.25, 0.3) is 0 Å². The Hall–Kier alpha value is -1.86. The number of nitrogens with zero attached hydrogens (tertiary/aromatic N) is 3. The number of piperidine rings is 1. The standard InChI is InChI=1S/C15H19F3N4O/c1-8-13-9(14(13,2)3)7-22(8)12(23)6-19-11-5-4-10(20-21-11)15(16,17)18/h4-5,8-9,13H,6-7H2,1-3H3,(H,19,21)/t8-,9?,13?/m1/s1. The number of amides is 1. The number of carbonyl (C=O) groups excluding carboxylic acids is 1. The Morgan fingerprint density at radius 3 is 2.57 bits per heavy atom. The van der Waals surface area contributed by atoms with E-state index in [9.17, 15) is 18.0 Å². The van der Waals surface area contributed by atoms with E-state index in [1.807, 2.05) is 4.90 Å². The Balaban J connectivity index is 1.54. The maximum atomic E-state index is 12.4. The number of nitrogens with one attached hydrogen (secondary N) is 1. The topological polar surface area (TPSA) is 58.1 Å².